The molecule has 1 aromatic carbocycles. The first-order valence-electron chi connectivity index (χ1n) is 10.0. The van der Waals surface area contributed by atoms with E-state index < -0.39 is 0 Å². The Morgan fingerprint density at radius 2 is 1.76 bits per heavy atom. The van der Waals surface area contributed by atoms with Crippen molar-refractivity contribution >= 4 is 15.9 Å². The quantitative estimate of drug-likeness (QED) is 0.702. The molecule has 0 atom stereocenters. The summed E-state index contributed by atoms with van der Waals surface area (Å²) >= 11 is 3.56. The van der Waals surface area contributed by atoms with Crippen LogP contribution >= 0.6 is 15.9 Å². The lowest BCUT2D eigenvalue weighted by Gasteiger charge is -2.33. The fourth-order valence-corrected chi connectivity index (χ4v) is 4.91. The van der Waals surface area contributed by atoms with Crippen molar-refractivity contribution < 1.29 is 4.39 Å². The molecule has 3 rings (SSSR count). The van der Waals surface area contributed by atoms with Crippen molar-refractivity contribution in [3.8, 4) is 0 Å². The zero-order chi connectivity index (χ0) is 17.6. The van der Waals surface area contributed by atoms with Gasteiger partial charge in [-0.2, -0.15) is 0 Å². The van der Waals surface area contributed by atoms with Gasteiger partial charge in [0.2, 0.25) is 0 Å². The molecule has 1 saturated carbocycles. The van der Waals surface area contributed by atoms with Gasteiger partial charge in [-0.15, -0.1) is 0 Å². The topological polar surface area (TPSA) is 29.3 Å². The van der Waals surface area contributed by atoms with Crippen LogP contribution in [0.2, 0.25) is 0 Å². The maximum absolute atomic E-state index is 13.4. The van der Waals surface area contributed by atoms with E-state index in [1.54, 1.807) is 6.07 Å². The van der Waals surface area contributed by atoms with Crippen LogP contribution < -0.4 is 5.73 Å². The number of piperidine rings is 1. The maximum atomic E-state index is 13.4. The number of halogens is 2. The Hall–Kier alpha value is -0.450. The fraction of sp³-hybridized carbons (Fsp3) is 0.714. The summed E-state index contributed by atoms with van der Waals surface area (Å²) in [6, 6.07) is 5.51. The summed E-state index contributed by atoms with van der Waals surface area (Å²) in [5, 5.41) is 0. The molecule has 0 aromatic heterocycles. The van der Waals surface area contributed by atoms with Crippen LogP contribution in [0, 0.1) is 17.7 Å². The molecule has 0 unspecified atom stereocenters. The molecule has 2 fully saturated rings. The van der Waals surface area contributed by atoms with Gasteiger partial charge in [0.15, 0.2) is 0 Å². The normalized spacial score (nSPS) is 26.0. The van der Waals surface area contributed by atoms with Crippen LogP contribution in [0.15, 0.2) is 22.7 Å². The minimum atomic E-state index is -0.126. The first-order chi connectivity index (χ1) is 12.1. The molecule has 1 aromatic rings. The molecule has 2 N–H and O–H groups in total. The molecule has 2 nitrogen and oxygen atoms in total. The van der Waals surface area contributed by atoms with Crippen molar-refractivity contribution in [1.82, 2.24) is 4.90 Å². The lowest BCUT2D eigenvalue weighted by atomic mass is 9.83. The number of nitrogens with two attached hydrogens (primary N) is 1. The molecule has 0 radical (unpaired) electrons. The van der Waals surface area contributed by atoms with Gasteiger partial charge in [-0.3, -0.25) is 0 Å². The van der Waals surface area contributed by atoms with Crippen LogP contribution in [0.3, 0.4) is 0 Å². The second-order valence-corrected chi connectivity index (χ2v) is 9.00. The minimum Gasteiger partial charge on any atom is -0.328 e. The highest BCUT2D eigenvalue weighted by atomic mass is 79.9. The summed E-state index contributed by atoms with van der Waals surface area (Å²) in [5.74, 6) is 1.48. The summed E-state index contributed by atoms with van der Waals surface area (Å²) in [5.41, 5.74) is 7.12. The maximum Gasteiger partial charge on any atom is 0.123 e. The lowest BCUT2D eigenvalue weighted by Crippen LogP contribution is -2.35. The van der Waals surface area contributed by atoms with E-state index in [9.17, 15) is 4.39 Å². The van der Waals surface area contributed by atoms with Gasteiger partial charge in [-0.1, -0.05) is 15.9 Å². The van der Waals surface area contributed by atoms with Crippen molar-refractivity contribution in [2.45, 2.75) is 63.8 Å². The Kier molecular flexibility index (Phi) is 7.32. The molecule has 1 heterocycles. The van der Waals surface area contributed by atoms with E-state index in [0.29, 0.717) is 12.0 Å². The van der Waals surface area contributed by atoms with Crippen molar-refractivity contribution in [3.63, 3.8) is 0 Å². The number of nitrogens with zero attached hydrogens (tertiary/aromatic N) is 1. The lowest BCUT2D eigenvalue weighted by molar-refractivity contribution is 0.175. The van der Waals surface area contributed by atoms with Gasteiger partial charge in [0.25, 0.3) is 0 Å². The van der Waals surface area contributed by atoms with Gasteiger partial charge in [0.05, 0.1) is 0 Å². The van der Waals surface area contributed by atoms with Crippen LogP contribution in [0.5, 0.6) is 0 Å². The van der Waals surface area contributed by atoms with E-state index in [4.69, 9.17) is 5.73 Å². The molecule has 0 bridgehead atoms. The summed E-state index contributed by atoms with van der Waals surface area (Å²) in [6.45, 7) is 3.65. The molecule has 140 valence electrons. The van der Waals surface area contributed by atoms with Crippen molar-refractivity contribution in [3.05, 3.63) is 34.1 Å². The smallest absolute Gasteiger partial charge is 0.123 e. The molecular weight excluding hydrogens is 379 g/mol. The fourth-order valence-electron chi connectivity index (χ4n) is 4.51. The number of rotatable bonds is 6. The SMILES string of the molecule is NC1CCC(CCCN2CCC(Cc3cc(F)ccc3Br)CC2)CC1. The van der Waals surface area contributed by atoms with E-state index in [0.717, 1.165) is 22.4 Å². The Labute approximate surface area is 160 Å². The highest BCUT2D eigenvalue weighted by molar-refractivity contribution is 9.10. The molecule has 0 spiro atoms. The molecular formula is C21H32BrFN2. The number of hydrogen-bond donors (Lipinski definition) is 1. The van der Waals surface area contributed by atoms with E-state index in [-0.39, 0.29) is 5.82 Å². The van der Waals surface area contributed by atoms with E-state index in [2.05, 4.69) is 20.8 Å². The standard InChI is InChI=1S/C21H32BrFN2/c22-21-8-5-19(23)15-18(21)14-17-9-12-25(13-10-17)11-1-2-16-3-6-20(24)7-4-16/h5,8,15-17,20H,1-4,6-7,9-14,24H2. The second kappa shape index (κ2) is 9.48. The second-order valence-electron chi connectivity index (χ2n) is 8.15. The average molecular weight is 411 g/mol. The third-order valence-corrected chi connectivity index (χ3v) is 6.98. The van der Waals surface area contributed by atoms with Crippen molar-refractivity contribution in [2.24, 2.45) is 17.6 Å². The molecule has 1 saturated heterocycles. The van der Waals surface area contributed by atoms with Gasteiger partial charge < -0.3 is 10.6 Å². The zero-order valence-corrected chi connectivity index (χ0v) is 16.8. The highest BCUT2D eigenvalue weighted by Gasteiger charge is 2.21. The molecule has 1 aliphatic heterocycles. The number of likely N-dealkylation sites (tertiary alicyclic amines) is 1. The first-order valence-corrected chi connectivity index (χ1v) is 10.8. The van der Waals surface area contributed by atoms with Gasteiger partial charge in [-0.05, 0) is 113 Å². The van der Waals surface area contributed by atoms with Crippen molar-refractivity contribution in [2.75, 3.05) is 19.6 Å². The summed E-state index contributed by atoms with van der Waals surface area (Å²) < 4.78 is 14.5. The number of benzene rings is 1. The van der Waals surface area contributed by atoms with Gasteiger partial charge >= 0.3 is 0 Å². The molecule has 25 heavy (non-hydrogen) atoms. The molecule has 1 aliphatic carbocycles. The Balaban J connectivity index is 1.34. The zero-order valence-electron chi connectivity index (χ0n) is 15.2. The molecule has 0 amide bonds. The summed E-state index contributed by atoms with van der Waals surface area (Å²) in [7, 11) is 0. The van der Waals surface area contributed by atoms with Gasteiger partial charge in [0, 0.05) is 10.5 Å². The molecule has 4 heteroatoms. The first kappa shape index (κ1) is 19.3. The largest absolute Gasteiger partial charge is 0.328 e. The number of hydrogen-bond acceptors (Lipinski definition) is 2. The molecule has 2 aliphatic rings. The summed E-state index contributed by atoms with van der Waals surface area (Å²) in [6.07, 6.45) is 11.3. The Bertz CT molecular complexity index is 535. The average Bonchev–Trinajstić information content (AvgIpc) is 2.61. The Morgan fingerprint density at radius 3 is 2.48 bits per heavy atom. The van der Waals surface area contributed by atoms with Crippen LogP contribution in [0.25, 0.3) is 0 Å². The van der Waals surface area contributed by atoms with Gasteiger partial charge in [0.1, 0.15) is 5.82 Å². The van der Waals surface area contributed by atoms with Crippen LogP contribution in [-0.2, 0) is 6.42 Å². The van der Waals surface area contributed by atoms with Crippen molar-refractivity contribution in [1.29, 1.82) is 0 Å². The summed E-state index contributed by atoms with van der Waals surface area (Å²) in [4.78, 5) is 2.63. The highest BCUT2D eigenvalue weighted by Crippen LogP contribution is 2.29. The van der Waals surface area contributed by atoms with E-state index in [1.165, 1.54) is 77.1 Å². The van der Waals surface area contributed by atoms with Crippen LogP contribution in [-0.4, -0.2) is 30.6 Å². The third-order valence-electron chi connectivity index (χ3n) is 6.20. The van der Waals surface area contributed by atoms with Crippen LogP contribution in [0.4, 0.5) is 4.39 Å². The predicted molar refractivity (Wildman–Crippen MR) is 106 cm³/mol. The minimum absolute atomic E-state index is 0.126. The van der Waals surface area contributed by atoms with E-state index >= 15 is 0 Å². The monoisotopic (exact) mass is 410 g/mol. The Morgan fingerprint density at radius 1 is 1.04 bits per heavy atom. The van der Waals surface area contributed by atoms with E-state index in [1.807, 2.05) is 6.07 Å². The third kappa shape index (κ3) is 6.04. The van der Waals surface area contributed by atoms with Gasteiger partial charge in [-0.25, -0.2) is 4.39 Å². The predicted octanol–water partition coefficient (Wildman–Crippen LogP) is 5.14. The van der Waals surface area contributed by atoms with Crippen LogP contribution in [0.1, 0.15) is 56.9 Å².